The molecular formula is C19H32O10Si. The van der Waals surface area contributed by atoms with Crippen LogP contribution in [0.15, 0.2) is 0 Å². The molecule has 0 spiro atoms. The van der Waals surface area contributed by atoms with Crippen LogP contribution in [0.1, 0.15) is 34.1 Å². The summed E-state index contributed by atoms with van der Waals surface area (Å²) in [5.41, 5.74) is -1.80. The Kier molecular flexibility index (Phi) is 9.00. The first kappa shape index (κ1) is 26.1. The minimum absolute atomic E-state index is 0.111. The van der Waals surface area contributed by atoms with Crippen molar-refractivity contribution in [1.82, 2.24) is 0 Å². The van der Waals surface area contributed by atoms with Crippen LogP contribution in [0.4, 0.5) is 0 Å². The molecule has 0 saturated carbocycles. The Morgan fingerprint density at radius 2 is 1.50 bits per heavy atom. The molecule has 0 aromatic rings. The van der Waals surface area contributed by atoms with E-state index in [1.54, 1.807) is 0 Å². The van der Waals surface area contributed by atoms with Crippen LogP contribution in [-0.2, 0) is 42.9 Å². The number of esters is 4. The largest absolute Gasteiger partial charge is 0.463 e. The molecule has 0 aliphatic carbocycles. The Morgan fingerprint density at radius 3 is 1.93 bits per heavy atom. The summed E-state index contributed by atoms with van der Waals surface area (Å²) >= 11 is 0. The van der Waals surface area contributed by atoms with Gasteiger partial charge in [0.2, 0.25) is 5.60 Å². The highest BCUT2D eigenvalue weighted by atomic mass is 28.3. The van der Waals surface area contributed by atoms with Crippen LogP contribution in [0, 0.1) is 0 Å². The molecule has 0 amide bonds. The SMILES string of the molecule is CC(=O)OC[C@H]1OC(O)[C@](CC[Si](C)(C)C)(OC(C)=O)[C@@H](OC(C)=O)[C@H]1OC(C)=O. The second kappa shape index (κ2) is 10.4. The smallest absolute Gasteiger partial charge is 0.303 e. The van der Waals surface area contributed by atoms with Crippen molar-refractivity contribution in [2.75, 3.05) is 6.61 Å². The third-order valence-electron chi connectivity index (χ3n) is 4.51. The van der Waals surface area contributed by atoms with Gasteiger partial charge in [0, 0.05) is 35.8 Å². The lowest BCUT2D eigenvalue weighted by molar-refractivity contribution is -0.335. The zero-order valence-electron chi connectivity index (χ0n) is 18.6. The van der Waals surface area contributed by atoms with E-state index in [2.05, 4.69) is 19.6 Å². The van der Waals surface area contributed by atoms with Gasteiger partial charge in [-0.3, -0.25) is 19.2 Å². The zero-order chi connectivity index (χ0) is 23.3. The van der Waals surface area contributed by atoms with Crippen LogP contribution in [0.3, 0.4) is 0 Å². The van der Waals surface area contributed by atoms with Crippen molar-refractivity contribution in [3.05, 3.63) is 0 Å². The minimum atomic E-state index is -1.80. The van der Waals surface area contributed by atoms with E-state index >= 15 is 0 Å². The average molecular weight is 449 g/mol. The van der Waals surface area contributed by atoms with Crippen molar-refractivity contribution in [2.24, 2.45) is 0 Å². The van der Waals surface area contributed by atoms with Gasteiger partial charge in [-0.1, -0.05) is 25.7 Å². The Labute approximate surface area is 177 Å². The number of aliphatic hydroxyl groups is 1. The van der Waals surface area contributed by atoms with Crippen molar-refractivity contribution in [3.8, 4) is 0 Å². The van der Waals surface area contributed by atoms with Crippen molar-refractivity contribution in [1.29, 1.82) is 0 Å². The standard InChI is InChI=1S/C19H32O10Si/c1-11(20)25-10-15-16(26-12(2)21)17(27-13(3)22)19(18(24)28-15,29-14(4)23)8-9-30(5,6)7/h15-18,24H,8-10H2,1-7H3/t15-,16+,17+,18?,19-/m1/s1. The van der Waals surface area contributed by atoms with Crippen molar-refractivity contribution in [3.63, 3.8) is 0 Å². The fraction of sp³-hybridized carbons (Fsp3) is 0.789. The first-order chi connectivity index (χ1) is 13.7. The lowest BCUT2D eigenvalue weighted by atomic mass is 9.83. The summed E-state index contributed by atoms with van der Waals surface area (Å²) in [5.74, 6) is -2.80. The van der Waals surface area contributed by atoms with Crippen molar-refractivity contribution < 1.29 is 48.0 Å². The van der Waals surface area contributed by atoms with Gasteiger partial charge in [0.1, 0.15) is 12.7 Å². The fourth-order valence-corrected chi connectivity index (χ4v) is 4.38. The van der Waals surface area contributed by atoms with E-state index < -0.39 is 62.2 Å². The quantitative estimate of drug-likeness (QED) is 0.327. The van der Waals surface area contributed by atoms with Gasteiger partial charge in [0.25, 0.3) is 0 Å². The average Bonchev–Trinajstić information content (AvgIpc) is 2.55. The van der Waals surface area contributed by atoms with E-state index in [4.69, 9.17) is 23.7 Å². The molecule has 1 unspecified atom stereocenters. The third-order valence-corrected chi connectivity index (χ3v) is 6.26. The summed E-state index contributed by atoms with van der Waals surface area (Å²) < 4.78 is 26.8. The van der Waals surface area contributed by atoms with Crippen LogP contribution in [-0.4, -0.2) is 73.9 Å². The Balaban J connectivity index is 3.49. The molecule has 172 valence electrons. The molecule has 0 aromatic carbocycles. The lowest BCUT2D eigenvalue weighted by Crippen LogP contribution is -2.70. The van der Waals surface area contributed by atoms with Gasteiger partial charge < -0.3 is 28.8 Å². The molecule has 0 radical (unpaired) electrons. The van der Waals surface area contributed by atoms with E-state index in [1.807, 2.05) is 0 Å². The summed E-state index contributed by atoms with van der Waals surface area (Å²) in [6.07, 6.45) is -5.40. The predicted molar refractivity (Wildman–Crippen MR) is 106 cm³/mol. The number of aliphatic hydroxyl groups excluding tert-OH is 1. The maximum absolute atomic E-state index is 11.9. The molecule has 1 saturated heterocycles. The normalized spacial score (nSPS) is 28.9. The molecule has 30 heavy (non-hydrogen) atoms. The maximum Gasteiger partial charge on any atom is 0.303 e. The third kappa shape index (κ3) is 7.37. The van der Waals surface area contributed by atoms with E-state index in [-0.39, 0.29) is 13.0 Å². The van der Waals surface area contributed by atoms with Gasteiger partial charge in [-0.2, -0.15) is 0 Å². The van der Waals surface area contributed by atoms with Gasteiger partial charge in [0.05, 0.1) is 0 Å². The van der Waals surface area contributed by atoms with Gasteiger partial charge in [-0.15, -0.1) is 0 Å². The highest BCUT2D eigenvalue weighted by Gasteiger charge is 2.62. The Hall–Kier alpha value is -1.98. The molecule has 11 heteroatoms. The van der Waals surface area contributed by atoms with E-state index in [9.17, 15) is 24.3 Å². The molecule has 1 rings (SSSR count). The summed E-state index contributed by atoms with van der Waals surface area (Å²) in [7, 11) is -1.72. The van der Waals surface area contributed by atoms with Gasteiger partial charge >= 0.3 is 23.9 Å². The van der Waals surface area contributed by atoms with Crippen LogP contribution in [0.2, 0.25) is 25.7 Å². The first-order valence-electron chi connectivity index (χ1n) is 9.69. The number of rotatable bonds is 8. The van der Waals surface area contributed by atoms with Crippen LogP contribution in [0.25, 0.3) is 0 Å². The van der Waals surface area contributed by atoms with Crippen LogP contribution >= 0.6 is 0 Å². The molecule has 5 atom stereocenters. The Bertz CT molecular complexity index is 658. The summed E-state index contributed by atoms with van der Waals surface area (Å²) in [6, 6.07) is 0.583. The molecule has 1 heterocycles. The van der Waals surface area contributed by atoms with Crippen LogP contribution < -0.4 is 0 Å². The predicted octanol–water partition coefficient (Wildman–Crippen LogP) is 1.16. The minimum Gasteiger partial charge on any atom is -0.463 e. The number of carbonyl (C=O) groups is 4. The topological polar surface area (TPSA) is 135 Å². The summed E-state index contributed by atoms with van der Waals surface area (Å²) in [4.78, 5) is 46.9. The number of hydrogen-bond acceptors (Lipinski definition) is 10. The molecule has 0 aromatic heterocycles. The van der Waals surface area contributed by atoms with Crippen LogP contribution in [0.5, 0.6) is 0 Å². The van der Waals surface area contributed by atoms with Gasteiger partial charge in [-0.05, 0) is 6.42 Å². The monoisotopic (exact) mass is 448 g/mol. The molecule has 1 aliphatic heterocycles. The molecule has 10 nitrogen and oxygen atoms in total. The van der Waals surface area contributed by atoms with Crippen molar-refractivity contribution in [2.45, 2.75) is 90.0 Å². The maximum atomic E-state index is 11.9. The zero-order valence-corrected chi connectivity index (χ0v) is 19.6. The molecule has 1 fully saturated rings. The second-order valence-corrected chi connectivity index (χ2v) is 14.2. The lowest BCUT2D eigenvalue weighted by Gasteiger charge is -2.50. The molecule has 0 bridgehead atoms. The molecule has 1 N–H and O–H groups in total. The summed E-state index contributed by atoms with van der Waals surface area (Å²) in [5, 5.41) is 10.9. The molecular weight excluding hydrogens is 416 g/mol. The number of hydrogen-bond donors (Lipinski definition) is 1. The van der Waals surface area contributed by atoms with Gasteiger partial charge in [0.15, 0.2) is 18.5 Å². The number of carbonyl (C=O) groups excluding carboxylic acids is 4. The van der Waals surface area contributed by atoms with E-state index in [0.29, 0.717) is 6.04 Å². The Morgan fingerprint density at radius 1 is 0.933 bits per heavy atom. The summed E-state index contributed by atoms with van der Waals surface area (Å²) in [6.45, 7) is 10.5. The highest BCUT2D eigenvalue weighted by Crippen LogP contribution is 2.40. The van der Waals surface area contributed by atoms with E-state index in [0.717, 1.165) is 20.8 Å². The fourth-order valence-electron chi connectivity index (χ4n) is 3.24. The van der Waals surface area contributed by atoms with E-state index in [1.165, 1.54) is 6.92 Å². The second-order valence-electron chi connectivity index (χ2n) is 8.54. The van der Waals surface area contributed by atoms with Gasteiger partial charge in [-0.25, -0.2) is 0 Å². The molecule has 1 aliphatic rings. The first-order valence-corrected chi connectivity index (χ1v) is 13.4. The number of ether oxygens (including phenoxy) is 5. The van der Waals surface area contributed by atoms with Crippen molar-refractivity contribution >= 4 is 32.0 Å². The highest BCUT2D eigenvalue weighted by molar-refractivity contribution is 6.76.